The van der Waals surface area contributed by atoms with Gasteiger partial charge < -0.3 is 10.6 Å². The van der Waals surface area contributed by atoms with Gasteiger partial charge in [-0.05, 0) is 66.5 Å². The van der Waals surface area contributed by atoms with Crippen LogP contribution in [0.2, 0.25) is 0 Å². The molecule has 1 aromatic carbocycles. The van der Waals surface area contributed by atoms with Crippen LogP contribution in [-0.4, -0.2) is 29.9 Å². The molecule has 98 valence electrons. The third-order valence-corrected chi connectivity index (χ3v) is 4.83. The standard InChI is InChI=1S/C14H19IN2O/c1-10-12(6-4-7-13(10)15)14(18)17-8-3-2-5-11(17)9-16/h4,6-7,11H,2-3,5,8-9,16H2,1H3. The highest BCUT2D eigenvalue weighted by molar-refractivity contribution is 14.1. The van der Waals surface area contributed by atoms with Crippen LogP contribution < -0.4 is 5.73 Å². The lowest BCUT2D eigenvalue weighted by Gasteiger charge is -2.35. The molecule has 1 fully saturated rings. The van der Waals surface area contributed by atoms with Gasteiger partial charge >= 0.3 is 0 Å². The van der Waals surface area contributed by atoms with Gasteiger partial charge in [0.05, 0.1) is 0 Å². The van der Waals surface area contributed by atoms with E-state index in [1.54, 1.807) is 0 Å². The quantitative estimate of drug-likeness (QED) is 0.826. The summed E-state index contributed by atoms with van der Waals surface area (Å²) in [6.45, 7) is 3.41. The molecule has 0 spiro atoms. The lowest BCUT2D eigenvalue weighted by Crippen LogP contribution is -2.47. The van der Waals surface area contributed by atoms with E-state index in [9.17, 15) is 4.79 Å². The molecule has 1 heterocycles. The van der Waals surface area contributed by atoms with Gasteiger partial charge in [-0.25, -0.2) is 0 Å². The fourth-order valence-corrected chi connectivity index (χ4v) is 3.01. The Balaban J connectivity index is 2.27. The van der Waals surface area contributed by atoms with Gasteiger partial charge in [-0.3, -0.25) is 4.79 Å². The highest BCUT2D eigenvalue weighted by atomic mass is 127. The van der Waals surface area contributed by atoms with Crippen molar-refractivity contribution in [3.63, 3.8) is 0 Å². The number of amides is 1. The minimum atomic E-state index is 0.140. The summed E-state index contributed by atoms with van der Waals surface area (Å²) in [4.78, 5) is 14.6. The SMILES string of the molecule is Cc1c(I)cccc1C(=O)N1CCCCC1CN. The van der Waals surface area contributed by atoms with Crippen LogP contribution in [0.15, 0.2) is 18.2 Å². The van der Waals surface area contributed by atoms with Crippen LogP contribution in [0, 0.1) is 10.5 Å². The van der Waals surface area contributed by atoms with Crippen LogP contribution in [0.3, 0.4) is 0 Å². The van der Waals surface area contributed by atoms with E-state index in [0.717, 1.165) is 34.1 Å². The summed E-state index contributed by atoms with van der Waals surface area (Å²) >= 11 is 2.27. The number of nitrogens with zero attached hydrogens (tertiary/aromatic N) is 1. The van der Waals surface area contributed by atoms with E-state index < -0.39 is 0 Å². The van der Waals surface area contributed by atoms with Gasteiger partial charge in [-0.1, -0.05) is 6.07 Å². The molecule has 0 saturated carbocycles. The number of halogens is 1. The number of carbonyl (C=O) groups is 1. The number of hydrogen-bond donors (Lipinski definition) is 1. The van der Waals surface area contributed by atoms with Gasteiger partial charge in [-0.2, -0.15) is 0 Å². The van der Waals surface area contributed by atoms with Gasteiger partial charge in [0, 0.05) is 28.3 Å². The Morgan fingerprint density at radius 2 is 2.28 bits per heavy atom. The maximum atomic E-state index is 12.6. The Labute approximate surface area is 122 Å². The zero-order valence-electron chi connectivity index (χ0n) is 10.7. The number of likely N-dealkylation sites (tertiary alicyclic amines) is 1. The van der Waals surface area contributed by atoms with Crippen molar-refractivity contribution in [2.45, 2.75) is 32.2 Å². The first-order chi connectivity index (χ1) is 8.65. The predicted molar refractivity (Wildman–Crippen MR) is 81.6 cm³/mol. The third kappa shape index (κ3) is 2.69. The Morgan fingerprint density at radius 3 is 3.00 bits per heavy atom. The van der Waals surface area contributed by atoms with Gasteiger partial charge in [0.2, 0.25) is 0 Å². The molecular formula is C14H19IN2O. The Hall–Kier alpha value is -0.620. The van der Waals surface area contributed by atoms with Crippen LogP contribution in [0.1, 0.15) is 35.2 Å². The van der Waals surface area contributed by atoms with E-state index in [1.807, 2.05) is 30.0 Å². The zero-order valence-corrected chi connectivity index (χ0v) is 12.8. The molecule has 0 bridgehead atoms. The minimum Gasteiger partial charge on any atom is -0.334 e. The molecule has 3 nitrogen and oxygen atoms in total. The Morgan fingerprint density at radius 1 is 1.50 bits per heavy atom. The molecule has 0 aromatic heterocycles. The number of carbonyl (C=O) groups excluding carboxylic acids is 1. The van der Waals surface area contributed by atoms with Gasteiger partial charge in [0.15, 0.2) is 0 Å². The number of rotatable bonds is 2. The van der Waals surface area contributed by atoms with Crippen molar-refractivity contribution >= 4 is 28.5 Å². The van der Waals surface area contributed by atoms with Crippen molar-refractivity contribution in [3.05, 3.63) is 32.9 Å². The molecule has 1 aliphatic rings. The zero-order chi connectivity index (χ0) is 13.1. The van der Waals surface area contributed by atoms with Crippen LogP contribution in [-0.2, 0) is 0 Å². The molecule has 1 atom stereocenters. The van der Waals surface area contributed by atoms with Gasteiger partial charge in [0.1, 0.15) is 0 Å². The molecule has 1 aromatic rings. The molecule has 2 rings (SSSR count). The molecule has 1 aliphatic heterocycles. The molecule has 18 heavy (non-hydrogen) atoms. The number of benzene rings is 1. The number of nitrogens with two attached hydrogens (primary N) is 1. The second-order valence-corrected chi connectivity index (χ2v) is 5.96. The monoisotopic (exact) mass is 358 g/mol. The molecule has 0 aliphatic carbocycles. The summed E-state index contributed by atoms with van der Waals surface area (Å²) in [7, 11) is 0. The highest BCUT2D eigenvalue weighted by Crippen LogP contribution is 2.22. The van der Waals surface area contributed by atoms with Crippen molar-refractivity contribution in [1.29, 1.82) is 0 Å². The average Bonchev–Trinajstić information content (AvgIpc) is 2.41. The Kier molecular flexibility index (Phi) is 4.61. The molecule has 1 unspecified atom stereocenters. The number of hydrogen-bond acceptors (Lipinski definition) is 2. The third-order valence-electron chi connectivity index (χ3n) is 3.66. The van der Waals surface area contributed by atoms with Crippen LogP contribution in [0.5, 0.6) is 0 Å². The van der Waals surface area contributed by atoms with E-state index in [4.69, 9.17) is 5.73 Å². The first kappa shape index (κ1) is 13.8. The average molecular weight is 358 g/mol. The summed E-state index contributed by atoms with van der Waals surface area (Å²) in [6, 6.07) is 6.11. The largest absolute Gasteiger partial charge is 0.334 e. The van der Waals surface area contributed by atoms with E-state index in [0.29, 0.717) is 6.54 Å². The van der Waals surface area contributed by atoms with Crippen molar-refractivity contribution in [2.75, 3.05) is 13.1 Å². The Bertz CT molecular complexity index is 447. The maximum Gasteiger partial charge on any atom is 0.254 e. The van der Waals surface area contributed by atoms with Crippen LogP contribution >= 0.6 is 22.6 Å². The minimum absolute atomic E-state index is 0.140. The normalized spacial score (nSPS) is 19.9. The van der Waals surface area contributed by atoms with E-state index in [2.05, 4.69) is 22.6 Å². The predicted octanol–water partition coefficient (Wildman–Crippen LogP) is 2.55. The first-order valence-corrected chi connectivity index (χ1v) is 7.49. The lowest BCUT2D eigenvalue weighted by molar-refractivity contribution is 0.0622. The first-order valence-electron chi connectivity index (χ1n) is 6.41. The second kappa shape index (κ2) is 6.02. The van der Waals surface area contributed by atoms with E-state index in [-0.39, 0.29) is 11.9 Å². The number of piperidine rings is 1. The smallest absolute Gasteiger partial charge is 0.254 e. The fourth-order valence-electron chi connectivity index (χ4n) is 2.51. The van der Waals surface area contributed by atoms with E-state index >= 15 is 0 Å². The highest BCUT2D eigenvalue weighted by Gasteiger charge is 2.27. The summed E-state index contributed by atoms with van der Waals surface area (Å²) in [5.74, 6) is 0.140. The van der Waals surface area contributed by atoms with Crippen molar-refractivity contribution in [2.24, 2.45) is 5.73 Å². The van der Waals surface area contributed by atoms with Crippen molar-refractivity contribution < 1.29 is 4.79 Å². The van der Waals surface area contributed by atoms with Crippen LogP contribution in [0.4, 0.5) is 0 Å². The summed E-state index contributed by atoms with van der Waals surface area (Å²) in [5, 5.41) is 0. The second-order valence-electron chi connectivity index (χ2n) is 4.80. The van der Waals surface area contributed by atoms with Gasteiger partial charge in [0.25, 0.3) is 5.91 Å². The topological polar surface area (TPSA) is 46.3 Å². The molecule has 0 radical (unpaired) electrons. The van der Waals surface area contributed by atoms with E-state index in [1.165, 1.54) is 6.42 Å². The molecule has 2 N–H and O–H groups in total. The molecular weight excluding hydrogens is 339 g/mol. The molecule has 1 saturated heterocycles. The maximum absolute atomic E-state index is 12.6. The van der Waals surface area contributed by atoms with Crippen molar-refractivity contribution in [1.82, 2.24) is 4.90 Å². The molecule has 1 amide bonds. The summed E-state index contributed by atoms with van der Waals surface area (Å²) in [6.07, 6.45) is 3.30. The van der Waals surface area contributed by atoms with Crippen LogP contribution in [0.25, 0.3) is 0 Å². The van der Waals surface area contributed by atoms with Crippen molar-refractivity contribution in [3.8, 4) is 0 Å². The fraction of sp³-hybridized carbons (Fsp3) is 0.500. The lowest BCUT2D eigenvalue weighted by atomic mass is 9.99. The summed E-state index contributed by atoms with van der Waals surface area (Å²) < 4.78 is 1.14. The summed E-state index contributed by atoms with van der Waals surface area (Å²) in [5.41, 5.74) is 7.68. The molecule has 4 heteroatoms. The van der Waals surface area contributed by atoms with Gasteiger partial charge in [-0.15, -0.1) is 0 Å².